The molecular weight excluding hydrogens is 303 g/mol. The second-order valence-electron chi connectivity index (χ2n) is 4.49. The van der Waals surface area contributed by atoms with Crippen molar-refractivity contribution in [2.75, 3.05) is 0 Å². The van der Waals surface area contributed by atoms with Crippen molar-refractivity contribution in [3.8, 4) is 0 Å². The van der Waals surface area contributed by atoms with E-state index in [1.165, 1.54) is 16.8 Å². The molecule has 94 valence electrons. The van der Waals surface area contributed by atoms with Crippen LogP contribution in [-0.4, -0.2) is 0 Å². The summed E-state index contributed by atoms with van der Waals surface area (Å²) in [6.07, 6.45) is 0. The Hall–Kier alpha value is -1.67. The first-order chi connectivity index (χ1) is 9.25. The molecule has 1 unspecified atom stereocenters. The van der Waals surface area contributed by atoms with Crippen molar-refractivity contribution >= 4 is 26.7 Å². The van der Waals surface area contributed by atoms with Gasteiger partial charge in [-0.25, -0.2) is 4.39 Å². The lowest BCUT2D eigenvalue weighted by Crippen LogP contribution is -1.94. The number of hydrogen-bond acceptors (Lipinski definition) is 0. The monoisotopic (exact) mass is 314 g/mol. The summed E-state index contributed by atoms with van der Waals surface area (Å²) in [5, 5.41) is 2.39. The van der Waals surface area contributed by atoms with Gasteiger partial charge in [-0.3, -0.25) is 0 Å². The molecule has 3 rings (SSSR count). The maximum atomic E-state index is 13.3. The molecule has 0 aliphatic carbocycles. The molecule has 0 N–H and O–H groups in total. The van der Waals surface area contributed by atoms with Crippen LogP contribution in [0.1, 0.15) is 16.0 Å². The lowest BCUT2D eigenvalue weighted by molar-refractivity contribution is 0.626. The number of hydrogen-bond donors (Lipinski definition) is 0. The number of halogens is 2. The lowest BCUT2D eigenvalue weighted by atomic mass is 9.98. The molecule has 19 heavy (non-hydrogen) atoms. The molecule has 0 aromatic heterocycles. The first-order valence-electron chi connectivity index (χ1n) is 6.13. The third-order valence-corrected chi connectivity index (χ3v) is 4.26. The molecular formula is C17H12BrF. The normalized spacial score (nSPS) is 12.5. The van der Waals surface area contributed by atoms with Crippen molar-refractivity contribution in [1.82, 2.24) is 0 Å². The predicted molar refractivity (Wildman–Crippen MR) is 81.1 cm³/mol. The summed E-state index contributed by atoms with van der Waals surface area (Å²) in [7, 11) is 0. The van der Waals surface area contributed by atoms with E-state index in [-0.39, 0.29) is 10.6 Å². The fourth-order valence-corrected chi connectivity index (χ4v) is 3.00. The molecule has 0 amide bonds. The van der Waals surface area contributed by atoms with Gasteiger partial charge < -0.3 is 0 Å². The fraction of sp³-hybridized carbons (Fsp3) is 0.0588. The zero-order valence-corrected chi connectivity index (χ0v) is 11.8. The molecule has 2 heteroatoms. The van der Waals surface area contributed by atoms with E-state index < -0.39 is 0 Å². The minimum atomic E-state index is -0.206. The molecule has 0 radical (unpaired) electrons. The Morgan fingerprint density at radius 3 is 2.42 bits per heavy atom. The average molecular weight is 315 g/mol. The molecule has 0 bridgehead atoms. The SMILES string of the molecule is Fc1cccc(C(Br)c2cccc3ccccc23)c1. The Bertz CT molecular complexity index is 716. The van der Waals surface area contributed by atoms with Crippen LogP contribution in [0.3, 0.4) is 0 Å². The summed E-state index contributed by atoms with van der Waals surface area (Å²) >= 11 is 3.68. The van der Waals surface area contributed by atoms with Gasteiger partial charge in [0.05, 0.1) is 4.83 Å². The third kappa shape index (κ3) is 2.41. The average Bonchev–Trinajstić information content (AvgIpc) is 2.46. The summed E-state index contributed by atoms with van der Waals surface area (Å²) in [6.45, 7) is 0. The van der Waals surface area contributed by atoms with Crippen LogP contribution in [-0.2, 0) is 0 Å². The van der Waals surface area contributed by atoms with Gasteiger partial charge in [0.1, 0.15) is 5.82 Å². The van der Waals surface area contributed by atoms with Crippen LogP contribution in [0.25, 0.3) is 10.8 Å². The van der Waals surface area contributed by atoms with Crippen molar-refractivity contribution in [3.63, 3.8) is 0 Å². The third-order valence-electron chi connectivity index (χ3n) is 3.24. The van der Waals surface area contributed by atoms with Gasteiger partial charge in [-0.15, -0.1) is 0 Å². The standard InChI is InChI=1S/C17H12BrF/c18-17(13-7-3-8-14(19)11-13)16-10-4-6-12-5-1-2-9-15(12)16/h1-11,17H. The Kier molecular flexibility index (Phi) is 3.34. The van der Waals surface area contributed by atoms with Crippen molar-refractivity contribution < 1.29 is 4.39 Å². The first kappa shape index (κ1) is 12.4. The summed E-state index contributed by atoms with van der Waals surface area (Å²) in [6, 6.07) is 21.1. The predicted octanol–water partition coefficient (Wildman–Crippen LogP) is 5.46. The first-order valence-corrected chi connectivity index (χ1v) is 7.04. The maximum Gasteiger partial charge on any atom is 0.123 e. The van der Waals surface area contributed by atoms with E-state index in [0.29, 0.717) is 0 Å². The number of fused-ring (bicyclic) bond motifs is 1. The van der Waals surface area contributed by atoms with Gasteiger partial charge in [0.25, 0.3) is 0 Å². The van der Waals surface area contributed by atoms with E-state index >= 15 is 0 Å². The topological polar surface area (TPSA) is 0 Å². The molecule has 0 aliphatic rings. The van der Waals surface area contributed by atoms with E-state index in [9.17, 15) is 4.39 Å². The molecule has 0 saturated heterocycles. The van der Waals surface area contributed by atoms with Gasteiger partial charge in [-0.05, 0) is 34.0 Å². The largest absolute Gasteiger partial charge is 0.207 e. The lowest BCUT2D eigenvalue weighted by Gasteiger charge is -2.13. The molecule has 0 heterocycles. The maximum absolute atomic E-state index is 13.3. The van der Waals surface area contributed by atoms with E-state index in [1.54, 1.807) is 12.1 Å². The van der Waals surface area contributed by atoms with Crippen LogP contribution in [0.2, 0.25) is 0 Å². The van der Waals surface area contributed by atoms with Crippen LogP contribution in [0, 0.1) is 5.82 Å². The van der Waals surface area contributed by atoms with Gasteiger partial charge in [-0.1, -0.05) is 70.5 Å². The van der Waals surface area contributed by atoms with Gasteiger partial charge in [-0.2, -0.15) is 0 Å². The molecule has 3 aromatic rings. The van der Waals surface area contributed by atoms with Gasteiger partial charge in [0, 0.05) is 0 Å². The molecule has 0 saturated carbocycles. The summed E-state index contributed by atoms with van der Waals surface area (Å²) in [5.41, 5.74) is 2.08. The van der Waals surface area contributed by atoms with E-state index in [2.05, 4.69) is 40.2 Å². The summed E-state index contributed by atoms with van der Waals surface area (Å²) < 4.78 is 13.3. The minimum Gasteiger partial charge on any atom is -0.207 e. The van der Waals surface area contributed by atoms with Crippen molar-refractivity contribution in [2.24, 2.45) is 0 Å². The van der Waals surface area contributed by atoms with Crippen LogP contribution in [0.4, 0.5) is 4.39 Å². The fourth-order valence-electron chi connectivity index (χ4n) is 2.32. The van der Waals surface area contributed by atoms with Crippen molar-refractivity contribution in [1.29, 1.82) is 0 Å². The highest BCUT2D eigenvalue weighted by molar-refractivity contribution is 9.09. The zero-order valence-electron chi connectivity index (χ0n) is 10.2. The second kappa shape index (κ2) is 5.14. The molecule has 0 aliphatic heterocycles. The Morgan fingerprint density at radius 2 is 1.58 bits per heavy atom. The molecule has 0 nitrogen and oxygen atoms in total. The Morgan fingerprint density at radius 1 is 0.842 bits per heavy atom. The number of benzene rings is 3. The molecule has 3 aromatic carbocycles. The highest BCUT2D eigenvalue weighted by Gasteiger charge is 2.13. The van der Waals surface area contributed by atoms with E-state index in [1.807, 2.05) is 24.3 Å². The number of alkyl halides is 1. The quantitative estimate of drug-likeness (QED) is 0.551. The summed E-state index contributed by atoms with van der Waals surface area (Å²) in [4.78, 5) is -0.00528. The highest BCUT2D eigenvalue weighted by Crippen LogP contribution is 2.35. The second-order valence-corrected chi connectivity index (χ2v) is 5.40. The Labute approximate surface area is 120 Å². The van der Waals surface area contributed by atoms with E-state index in [4.69, 9.17) is 0 Å². The van der Waals surface area contributed by atoms with Crippen LogP contribution >= 0.6 is 15.9 Å². The minimum absolute atomic E-state index is 0.00528. The van der Waals surface area contributed by atoms with Crippen LogP contribution in [0.5, 0.6) is 0 Å². The zero-order chi connectivity index (χ0) is 13.2. The van der Waals surface area contributed by atoms with Crippen LogP contribution in [0.15, 0.2) is 66.7 Å². The molecule has 1 atom stereocenters. The van der Waals surface area contributed by atoms with Gasteiger partial charge >= 0.3 is 0 Å². The highest BCUT2D eigenvalue weighted by atomic mass is 79.9. The summed E-state index contributed by atoms with van der Waals surface area (Å²) in [5.74, 6) is -0.206. The molecule has 0 fully saturated rings. The van der Waals surface area contributed by atoms with E-state index in [0.717, 1.165) is 11.1 Å². The Balaban J connectivity index is 2.14. The van der Waals surface area contributed by atoms with Crippen LogP contribution < -0.4 is 0 Å². The molecule has 0 spiro atoms. The van der Waals surface area contributed by atoms with Crippen molar-refractivity contribution in [3.05, 3.63) is 83.7 Å². The van der Waals surface area contributed by atoms with Crippen molar-refractivity contribution in [2.45, 2.75) is 4.83 Å². The van der Waals surface area contributed by atoms with Gasteiger partial charge in [0.2, 0.25) is 0 Å². The van der Waals surface area contributed by atoms with Gasteiger partial charge in [0.15, 0.2) is 0 Å². The number of rotatable bonds is 2. The smallest absolute Gasteiger partial charge is 0.123 e.